The van der Waals surface area contributed by atoms with Crippen LogP contribution in [0.2, 0.25) is 0 Å². The summed E-state index contributed by atoms with van der Waals surface area (Å²) in [6.45, 7) is 13.2. The molecular weight excluding hydrogens is 548 g/mol. The van der Waals surface area contributed by atoms with E-state index in [4.69, 9.17) is 10.5 Å². The first-order valence-electron chi connectivity index (χ1n) is 14.6. The van der Waals surface area contributed by atoms with Crippen LogP contribution in [0.25, 0.3) is 22.0 Å². The molecule has 1 amide bonds. The molecule has 0 aliphatic carbocycles. The molecule has 0 atom stereocenters. The Hall–Kier alpha value is -3.44. The minimum atomic E-state index is -0.214. The molecule has 0 unspecified atom stereocenters. The summed E-state index contributed by atoms with van der Waals surface area (Å²) in [5, 5.41) is 4.82. The Morgan fingerprint density at radius 1 is 1.07 bits per heavy atom. The predicted molar refractivity (Wildman–Crippen MR) is 170 cm³/mol. The maximum Gasteiger partial charge on any atom is 0.267 e. The van der Waals surface area contributed by atoms with E-state index in [0.717, 1.165) is 65.2 Å². The molecule has 0 bridgehead atoms. The minimum absolute atomic E-state index is 0.0596. The SMILES string of the molecule is Cc1ccc(NC(=O)c2cnc(C(C)(C)C)s2)cc1-c1cc2cnc(CCCN)cc2n(CCN2CCOCC2)c1=O. The molecule has 10 heteroatoms. The number of aryl methyl sites for hydroxylation is 2. The Balaban J connectivity index is 1.51. The molecule has 5 rings (SSSR count). The number of fused-ring (bicyclic) bond motifs is 1. The number of rotatable bonds is 9. The van der Waals surface area contributed by atoms with Crippen LogP contribution in [0, 0.1) is 6.92 Å². The lowest BCUT2D eigenvalue weighted by atomic mass is 9.98. The van der Waals surface area contributed by atoms with Gasteiger partial charge in [0.25, 0.3) is 11.5 Å². The average Bonchev–Trinajstić information content (AvgIpc) is 3.49. The molecular formula is C32H40N6O3S. The van der Waals surface area contributed by atoms with Gasteiger partial charge in [0.1, 0.15) is 4.88 Å². The van der Waals surface area contributed by atoms with Crippen LogP contribution >= 0.6 is 11.3 Å². The first-order chi connectivity index (χ1) is 20.1. The van der Waals surface area contributed by atoms with Gasteiger partial charge in [-0.1, -0.05) is 26.8 Å². The highest BCUT2D eigenvalue weighted by Gasteiger charge is 2.21. The predicted octanol–water partition coefficient (Wildman–Crippen LogP) is 4.60. The minimum Gasteiger partial charge on any atom is -0.379 e. The van der Waals surface area contributed by atoms with Gasteiger partial charge < -0.3 is 20.4 Å². The molecule has 9 nitrogen and oxygen atoms in total. The molecule has 1 fully saturated rings. The van der Waals surface area contributed by atoms with Crippen molar-refractivity contribution in [3.63, 3.8) is 0 Å². The zero-order chi connectivity index (χ0) is 29.9. The van der Waals surface area contributed by atoms with Crippen molar-refractivity contribution in [2.75, 3.05) is 44.7 Å². The van der Waals surface area contributed by atoms with Gasteiger partial charge in [0.2, 0.25) is 0 Å². The van der Waals surface area contributed by atoms with E-state index >= 15 is 0 Å². The maximum atomic E-state index is 14.2. The van der Waals surface area contributed by atoms with Gasteiger partial charge in [-0.25, -0.2) is 4.98 Å². The number of morpholine rings is 1. The number of hydrogen-bond donors (Lipinski definition) is 2. The molecule has 222 valence electrons. The number of amides is 1. The fourth-order valence-corrected chi connectivity index (χ4v) is 5.99. The third-order valence-electron chi connectivity index (χ3n) is 7.57. The molecule has 1 aliphatic heterocycles. The number of carbonyl (C=O) groups excluding carboxylic acids is 1. The summed E-state index contributed by atoms with van der Waals surface area (Å²) in [7, 11) is 0. The summed E-state index contributed by atoms with van der Waals surface area (Å²) < 4.78 is 7.39. The van der Waals surface area contributed by atoms with Crippen molar-refractivity contribution >= 4 is 33.8 Å². The van der Waals surface area contributed by atoms with Crippen LogP contribution in [0.4, 0.5) is 5.69 Å². The largest absolute Gasteiger partial charge is 0.379 e. The summed E-state index contributed by atoms with van der Waals surface area (Å²) in [6, 6.07) is 9.64. The van der Waals surface area contributed by atoms with Crippen LogP contribution in [0.15, 0.2) is 47.5 Å². The number of hydrogen-bond acceptors (Lipinski definition) is 8. The molecule has 0 radical (unpaired) electrons. The number of aromatic nitrogens is 3. The summed E-state index contributed by atoms with van der Waals surface area (Å²) in [6.07, 6.45) is 5.09. The van der Waals surface area contributed by atoms with E-state index < -0.39 is 0 Å². The zero-order valence-corrected chi connectivity index (χ0v) is 25.7. The van der Waals surface area contributed by atoms with Crippen molar-refractivity contribution in [1.82, 2.24) is 19.4 Å². The fraction of sp³-hybridized carbons (Fsp3) is 0.438. The Morgan fingerprint density at radius 3 is 2.57 bits per heavy atom. The van der Waals surface area contributed by atoms with Crippen LogP contribution < -0.4 is 16.6 Å². The Morgan fingerprint density at radius 2 is 1.86 bits per heavy atom. The number of nitrogens with zero attached hydrogens (tertiary/aromatic N) is 4. The first-order valence-corrected chi connectivity index (χ1v) is 15.4. The van der Waals surface area contributed by atoms with Gasteiger partial charge in [0, 0.05) is 60.1 Å². The van der Waals surface area contributed by atoms with E-state index in [-0.39, 0.29) is 16.9 Å². The highest BCUT2D eigenvalue weighted by Crippen LogP contribution is 2.30. The molecule has 3 aromatic heterocycles. The maximum absolute atomic E-state index is 14.2. The van der Waals surface area contributed by atoms with Gasteiger partial charge in [0.05, 0.1) is 29.9 Å². The average molecular weight is 589 g/mol. The third kappa shape index (κ3) is 6.78. The first kappa shape index (κ1) is 30.0. The van der Waals surface area contributed by atoms with Crippen LogP contribution in [-0.4, -0.2) is 64.7 Å². The van der Waals surface area contributed by atoms with Gasteiger partial charge in [-0.2, -0.15) is 0 Å². The van der Waals surface area contributed by atoms with E-state index in [1.54, 1.807) is 6.20 Å². The summed E-state index contributed by atoms with van der Waals surface area (Å²) >= 11 is 1.40. The summed E-state index contributed by atoms with van der Waals surface area (Å²) in [5.74, 6) is -0.214. The smallest absolute Gasteiger partial charge is 0.267 e. The van der Waals surface area contributed by atoms with E-state index in [9.17, 15) is 9.59 Å². The summed E-state index contributed by atoms with van der Waals surface area (Å²) in [5.41, 5.74) is 10.3. The third-order valence-corrected chi connectivity index (χ3v) is 8.99. The Labute approximate surface area is 250 Å². The standard InChI is InChI=1S/C32H40N6O3S/c1-21-7-8-24(36-29(39)28-20-35-31(42-28)32(2,3)4)17-25(21)26-16-22-19-34-23(6-5-9-33)18-27(22)38(30(26)40)11-10-37-12-14-41-15-13-37/h7-8,16-20H,5-6,9-15,33H2,1-4H3,(H,36,39). The van der Waals surface area contributed by atoms with Crippen molar-refractivity contribution in [3.8, 4) is 11.1 Å². The lowest BCUT2D eigenvalue weighted by molar-refractivity contribution is 0.0364. The molecule has 0 spiro atoms. The number of benzene rings is 1. The van der Waals surface area contributed by atoms with Crippen LogP contribution in [-0.2, 0) is 23.1 Å². The normalized spacial score (nSPS) is 14.4. The lowest BCUT2D eigenvalue weighted by Crippen LogP contribution is -2.39. The van der Waals surface area contributed by atoms with Gasteiger partial charge in [-0.15, -0.1) is 11.3 Å². The number of thiazole rings is 1. The van der Waals surface area contributed by atoms with Gasteiger partial charge in [0.15, 0.2) is 0 Å². The van der Waals surface area contributed by atoms with Crippen molar-refractivity contribution in [3.05, 3.63) is 74.2 Å². The molecule has 4 aromatic rings. The number of ether oxygens (including phenoxy) is 1. The second-order valence-corrected chi connectivity index (χ2v) is 12.9. The monoisotopic (exact) mass is 588 g/mol. The Kier molecular flexibility index (Phi) is 9.17. The van der Waals surface area contributed by atoms with Crippen molar-refractivity contribution in [1.29, 1.82) is 0 Å². The molecule has 42 heavy (non-hydrogen) atoms. The quantitative estimate of drug-likeness (QED) is 0.294. The van der Waals surface area contributed by atoms with Crippen LogP contribution in [0.3, 0.4) is 0 Å². The van der Waals surface area contributed by atoms with Crippen molar-refractivity contribution < 1.29 is 9.53 Å². The van der Waals surface area contributed by atoms with E-state index in [1.165, 1.54) is 11.3 Å². The number of carbonyl (C=O) groups is 1. The number of nitrogens with two attached hydrogens (primary N) is 1. The van der Waals surface area contributed by atoms with Gasteiger partial charge in [-0.05, 0) is 61.7 Å². The van der Waals surface area contributed by atoms with Crippen LogP contribution in [0.1, 0.15) is 53.1 Å². The highest BCUT2D eigenvalue weighted by molar-refractivity contribution is 7.13. The highest BCUT2D eigenvalue weighted by atomic mass is 32.1. The molecule has 1 aromatic carbocycles. The number of pyridine rings is 2. The molecule has 1 aliphatic rings. The lowest BCUT2D eigenvalue weighted by Gasteiger charge is -2.27. The molecule has 1 saturated heterocycles. The van der Waals surface area contributed by atoms with E-state index in [1.807, 2.05) is 48.0 Å². The fourth-order valence-electron chi connectivity index (χ4n) is 5.12. The second-order valence-electron chi connectivity index (χ2n) is 11.9. The second kappa shape index (κ2) is 12.8. The molecule has 3 N–H and O–H groups in total. The van der Waals surface area contributed by atoms with E-state index in [2.05, 4.69) is 41.0 Å². The number of nitrogens with one attached hydrogen (secondary N) is 1. The molecule has 4 heterocycles. The van der Waals surface area contributed by atoms with E-state index in [0.29, 0.717) is 42.4 Å². The van der Waals surface area contributed by atoms with Gasteiger partial charge >= 0.3 is 0 Å². The van der Waals surface area contributed by atoms with Crippen LogP contribution in [0.5, 0.6) is 0 Å². The number of anilines is 1. The Bertz CT molecular complexity index is 1630. The summed E-state index contributed by atoms with van der Waals surface area (Å²) in [4.78, 5) is 39.3. The van der Waals surface area contributed by atoms with Crippen molar-refractivity contribution in [2.24, 2.45) is 5.73 Å². The van der Waals surface area contributed by atoms with Crippen molar-refractivity contribution in [2.45, 2.75) is 52.5 Å². The zero-order valence-electron chi connectivity index (χ0n) is 24.9. The molecule has 0 saturated carbocycles. The topological polar surface area (TPSA) is 115 Å². The van der Waals surface area contributed by atoms with Gasteiger partial charge in [-0.3, -0.25) is 19.5 Å².